The maximum absolute atomic E-state index is 12.9. The van der Waals surface area contributed by atoms with Crippen LogP contribution in [0, 0.1) is 5.82 Å². The summed E-state index contributed by atoms with van der Waals surface area (Å²) in [5.74, 6) is 0.452. The molecule has 0 aliphatic heterocycles. The van der Waals surface area contributed by atoms with E-state index in [4.69, 9.17) is 4.74 Å². The second-order valence-electron chi connectivity index (χ2n) is 4.55. The van der Waals surface area contributed by atoms with Gasteiger partial charge in [-0.3, -0.25) is 4.39 Å². The third-order valence-corrected chi connectivity index (χ3v) is 4.07. The summed E-state index contributed by atoms with van der Waals surface area (Å²) in [6.45, 7) is -0.0108. The highest BCUT2D eigenvalue weighted by atomic mass is 32.1. The summed E-state index contributed by atoms with van der Waals surface area (Å²) in [6, 6.07) is 11.9. The van der Waals surface area contributed by atoms with Gasteiger partial charge in [0.2, 0.25) is 0 Å². The normalized spacial score (nSPS) is 11.0. The van der Waals surface area contributed by atoms with Crippen LogP contribution in [0.25, 0.3) is 20.8 Å². The molecule has 3 aromatic rings. The fourth-order valence-electron chi connectivity index (χ4n) is 1.96. The van der Waals surface area contributed by atoms with Crippen molar-refractivity contribution in [1.29, 1.82) is 0 Å². The van der Waals surface area contributed by atoms with Crippen LogP contribution >= 0.6 is 11.3 Å². The predicted octanol–water partition coefficient (Wildman–Crippen LogP) is 4.84. The Morgan fingerprint density at radius 1 is 1.10 bits per heavy atom. The highest BCUT2D eigenvalue weighted by Crippen LogP contribution is 2.32. The van der Waals surface area contributed by atoms with Gasteiger partial charge in [0.1, 0.15) is 16.6 Å². The van der Waals surface area contributed by atoms with Gasteiger partial charge in [-0.25, -0.2) is 9.37 Å². The smallest absolute Gasteiger partial charge is 0.124 e. The van der Waals surface area contributed by atoms with E-state index in [1.54, 1.807) is 12.1 Å². The van der Waals surface area contributed by atoms with Crippen molar-refractivity contribution in [1.82, 2.24) is 4.98 Å². The van der Waals surface area contributed by atoms with Crippen molar-refractivity contribution in [3.8, 4) is 16.3 Å². The molecular weight excluding hydrogens is 292 g/mol. The Morgan fingerprint density at radius 3 is 2.67 bits per heavy atom. The third kappa shape index (κ3) is 3.19. The molecule has 0 spiro atoms. The molecule has 0 saturated carbocycles. The Hall–Kier alpha value is -2.01. The average Bonchev–Trinajstić information content (AvgIpc) is 2.91. The second kappa shape index (κ2) is 6.18. The van der Waals surface area contributed by atoms with E-state index in [0.29, 0.717) is 18.8 Å². The van der Waals surface area contributed by atoms with E-state index >= 15 is 0 Å². The molecule has 0 amide bonds. The Labute approximate surface area is 125 Å². The van der Waals surface area contributed by atoms with Crippen LogP contribution in [0.1, 0.15) is 6.42 Å². The molecule has 2 aromatic carbocycles. The van der Waals surface area contributed by atoms with Gasteiger partial charge in [0.15, 0.2) is 0 Å². The van der Waals surface area contributed by atoms with E-state index in [1.807, 2.05) is 18.2 Å². The van der Waals surface area contributed by atoms with Crippen LogP contribution in [-0.2, 0) is 0 Å². The number of rotatable bonds is 5. The van der Waals surface area contributed by atoms with Crippen molar-refractivity contribution in [2.24, 2.45) is 0 Å². The van der Waals surface area contributed by atoms with Gasteiger partial charge in [0.25, 0.3) is 0 Å². The maximum Gasteiger partial charge on any atom is 0.124 e. The Balaban J connectivity index is 1.87. The number of alkyl halides is 1. The molecule has 3 rings (SSSR count). The number of benzene rings is 2. The standard InChI is InChI=1S/C16H13F2NOS/c17-8-1-9-20-13-6-7-14-15(10-13)21-16(19-14)11-2-4-12(18)5-3-11/h2-7,10H,1,8-9H2. The van der Waals surface area contributed by atoms with E-state index < -0.39 is 0 Å². The first-order valence-corrected chi connectivity index (χ1v) is 7.43. The number of ether oxygens (including phenoxy) is 1. The SMILES string of the molecule is FCCCOc1ccc2nc(-c3ccc(F)cc3)sc2c1. The first kappa shape index (κ1) is 13.9. The molecule has 5 heteroatoms. The summed E-state index contributed by atoms with van der Waals surface area (Å²) in [7, 11) is 0. The zero-order valence-electron chi connectivity index (χ0n) is 11.2. The fourth-order valence-corrected chi connectivity index (χ4v) is 2.95. The highest BCUT2D eigenvalue weighted by molar-refractivity contribution is 7.21. The van der Waals surface area contributed by atoms with Crippen LogP contribution in [0.3, 0.4) is 0 Å². The second-order valence-corrected chi connectivity index (χ2v) is 5.58. The van der Waals surface area contributed by atoms with Crippen molar-refractivity contribution in [3.63, 3.8) is 0 Å². The van der Waals surface area contributed by atoms with Gasteiger partial charge in [-0.05, 0) is 42.5 Å². The van der Waals surface area contributed by atoms with E-state index in [2.05, 4.69) is 4.98 Å². The van der Waals surface area contributed by atoms with Crippen LogP contribution < -0.4 is 4.74 Å². The lowest BCUT2D eigenvalue weighted by molar-refractivity contribution is 0.290. The first-order valence-electron chi connectivity index (χ1n) is 6.61. The lowest BCUT2D eigenvalue weighted by Crippen LogP contribution is -1.97. The van der Waals surface area contributed by atoms with Gasteiger partial charge in [-0.15, -0.1) is 11.3 Å². The monoisotopic (exact) mass is 305 g/mol. The molecule has 108 valence electrons. The van der Waals surface area contributed by atoms with Crippen LogP contribution in [-0.4, -0.2) is 18.3 Å². The zero-order valence-corrected chi connectivity index (χ0v) is 12.0. The Bertz CT molecular complexity index is 740. The quantitative estimate of drug-likeness (QED) is 0.629. The predicted molar refractivity (Wildman–Crippen MR) is 81.1 cm³/mol. The Morgan fingerprint density at radius 2 is 1.90 bits per heavy atom. The number of fused-ring (bicyclic) bond motifs is 1. The Kier molecular flexibility index (Phi) is 4.10. The molecule has 2 nitrogen and oxygen atoms in total. The van der Waals surface area contributed by atoms with Gasteiger partial charge >= 0.3 is 0 Å². The van der Waals surface area contributed by atoms with E-state index in [9.17, 15) is 8.78 Å². The van der Waals surface area contributed by atoms with Crippen molar-refractivity contribution < 1.29 is 13.5 Å². The third-order valence-electron chi connectivity index (χ3n) is 3.00. The highest BCUT2D eigenvalue weighted by Gasteiger charge is 2.07. The summed E-state index contributed by atoms with van der Waals surface area (Å²) >= 11 is 1.52. The van der Waals surface area contributed by atoms with Crippen LogP contribution in [0.5, 0.6) is 5.75 Å². The summed E-state index contributed by atoms with van der Waals surface area (Å²) in [5, 5.41) is 0.839. The van der Waals surface area contributed by atoms with Crippen molar-refractivity contribution in [2.75, 3.05) is 13.3 Å². The number of halogens is 2. The molecule has 0 unspecified atom stereocenters. The fraction of sp³-hybridized carbons (Fsp3) is 0.188. The van der Waals surface area contributed by atoms with Crippen LogP contribution in [0.4, 0.5) is 8.78 Å². The largest absolute Gasteiger partial charge is 0.493 e. The molecule has 0 bridgehead atoms. The summed E-state index contributed by atoms with van der Waals surface area (Å²) < 4.78 is 31.5. The van der Waals surface area contributed by atoms with Crippen molar-refractivity contribution >= 4 is 21.6 Å². The number of nitrogens with zero attached hydrogens (tertiary/aromatic N) is 1. The average molecular weight is 305 g/mol. The molecule has 1 heterocycles. The summed E-state index contributed by atoms with van der Waals surface area (Å²) in [6.07, 6.45) is 0.390. The first-order chi connectivity index (χ1) is 10.3. The summed E-state index contributed by atoms with van der Waals surface area (Å²) in [4.78, 5) is 4.53. The number of aromatic nitrogens is 1. The molecule has 0 fully saturated rings. The van der Waals surface area contributed by atoms with Crippen LogP contribution in [0.15, 0.2) is 42.5 Å². The number of thiazole rings is 1. The molecule has 21 heavy (non-hydrogen) atoms. The minimum Gasteiger partial charge on any atom is -0.493 e. The van der Waals surface area contributed by atoms with Crippen LogP contribution in [0.2, 0.25) is 0 Å². The van der Waals surface area contributed by atoms with Gasteiger partial charge in [-0.2, -0.15) is 0 Å². The van der Waals surface area contributed by atoms with E-state index in [1.165, 1.54) is 23.5 Å². The molecule has 0 aliphatic rings. The number of hydrogen-bond acceptors (Lipinski definition) is 3. The van der Waals surface area contributed by atoms with Gasteiger partial charge in [0, 0.05) is 12.0 Å². The topological polar surface area (TPSA) is 22.1 Å². The van der Waals surface area contributed by atoms with Gasteiger partial charge < -0.3 is 4.74 Å². The summed E-state index contributed by atoms with van der Waals surface area (Å²) in [5.41, 5.74) is 1.76. The molecule has 0 saturated heterocycles. The van der Waals surface area contributed by atoms with E-state index in [0.717, 1.165) is 20.8 Å². The lowest BCUT2D eigenvalue weighted by atomic mass is 10.2. The molecule has 0 radical (unpaired) electrons. The lowest BCUT2D eigenvalue weighted by Gasteiger charge is -2.03. The van der Waals surface area contributed by atoms with Gasteiger partial charge in [-0.1, -0.05) is 0 Å². The molecular formula is C16H13F2NOS. The number of hydrogen-bond donors (Lipinski definition) is 0. The molecule has 1 aromatic heterocycles. The minimum absolute atomic E-state index is 0.261. The van der Waals surface area contributed by atoms with Crippen molar-refractivity contribution in [2.45, 2.75) is 6.42 Å². The zero-order chi connectivity index (χ0) is 14.7. The van der Waals surface area contributed by atoms with Crippen molar-refractivity contribution in [3.05, 3.63) is 48.3 Å². The molecule has 0 aliphatic carbocycles. The minimum atomic E-state index is -0.377. The molecule has 0 N–H and O–H groups in total. The molecule has 0 atom stereocenters. The van der Waals surface area contributed by atoms with Gasteiger partial charge in [0.05, 0.1) is 23.5 Å². The van der Waals surface area contributed by atoms with E-state index in [-0.39, 0.29) is 12.5 Å². The maximum atomic E-state index is 12.9.